The first-order valence-corrected chi connectivity index (χ1v) is 11.5. The number of anilines is 2. The van der Waals surface area contributed by atoms with E-state index in [4.69, 9.17) is 5.11 Å². The Morgan fingerprint density at radius 2 is 1.85 bits per heavy atom. The minimum absolute atomic E-state index is 0.253. The van der Waals surface area contributed by atoms with E-state index in [2.05, 4.69) is 16.7 Å². The highest BCUT2D eigenvalue weighted by atomic mass is 32.2. The molecule has 7 nitrogen and oxygen atoms in total. The van der Waals surface area contributed by atoms with Crippen molar-refractivity contribution in [3.8, 4) is 17.2 Å². The minimum atomic E-state index is -1.21. The lowest BCUT2D eigenvalue weighted by molar-refractivity contribution is -0.131. The van der Waals surface area contributed by atoms with Crippen molar-refractivity contribution >= 4 is 51.6 Å². The fourth-order valence-electron chi connectivity index (χ4n) is 2.84. The number of thiophene rings is 1. The van der Waals surface area contributed by atoms with Gasteiger partial charge in [0.05, 0.1) is 10.8 Å². The molecule has 1 aromatic heterocycles. The van der Waals surface area contributed by atoms with Crippen molar-refractivity contribution in [3.05, 3.63) is 77.7 Å². The summed E-state index contributed by atoms with van der Waals surface area (Å²) in [4.78, 5) is 35.8. The quantitative estimate of drug-likeness (QED) is 0.311. The number of hydrogen-bond acceptors (Lipinski definition) is 6. The Morgan fingerprint density at radius 3 is 2.55 bits per heavy atom. The van der Waals surface area contributed by atoms with Gasteiger partial charge in [-0.3, -0.25) is 9.59 Å². The van der Waals surface area contributed by atoms with Gasteiger partial charge < -0.3 is 15.7 Å². The summed E-state index contributed by atoms with van der Waals surface area (Å²) < 4.78 is 0. The van der Waals surface area contributed by atoms with Crippen LogP contribution in [0.5, 0.6) is 0 Å². The molecule has 2 amide bonds. The maximum Gasteiger partial charge on any atom is 0.328 e. The zero-order valence-electron chi connectivity index (χ0n) is 17.4. The van der Waals surface area contributed by atoms with Gasteiger partial charge in [0.2, 0.25) is 11.8 Å². The second kappa shape index (κ2) is 11.1. The van der Waals surface area contributed by atoms with Crippen molar-refractivity contribution in [3.63, 3.8) is 0 Å². The van der Waals surface area contributed by atoms with Crippen molar-refractivity contribution in [2.45, 2.75) is 17.1 Å². The average molecular weight is 478 g/mol. The number of amides is 2. The number of nitrogens with one attached hydrogen (secondary N) is 2. The van der Waals surface area contributed by atoms with Gasteiger partial charge in [0.1, 0.15) is 11.1 Å². The van der Waals surface area contributed by atoms with E-state index in [-0.39, 0.29) is 5.91 Å². The molecule has 3 rings (SSSR count). The molecule has 0 saturated heterocycles. The van der Waals surface area contributed by atoms with Crippen LogP contribution in [-0.2, 0) is 14.4 Å². The zero-order chi connectivity index (χ0) is 23.8. The topological polar surface area (TPSA) is 119 Å². The van der Waals surface area contributed by atoms with E-state index in [1.54, 1.807) is 31.2 Å². The molecular weight excluding hydrogens is 458 g/mol. The van der Waals surface area contributed by atoms with Gasteiger partial charge in [-0.15, -0.1) is 23.1 Å². The molecule has 0 aliphatic heterocycles. The number of carboxylic acids is 1. The molecule has 0 saturated carbocycles. The highest BCUT2D eigenvalue weighted by Gasteiger charge is 2.19. The number of rotatable bonds is 8. The molecular formula is C24H19N3O4S2. The third-order valence-corrected chi connectivity index (χ3v) is 6.37. The Hall–Kier alpha value is -3.87. The predicted octanol–water partition coefficient (Wildman–Crippen LogP) is 4.99. The van der Waals surface area contributed by atoms with Crippen LogP contribution in [0.1, 0.15) is 12.5 Å². The fourth-order valence-corrected chi connectivity index (χ4v) is 4.69. The van der Waals surface area contributed by atoms with Crippen molar-refractivity contribution in [1.29, 1.82) is 5.26 Å². The monoisotopic (exact) mass is 477 g/mol. The summed E-state index contributed by atoms with van der Waals surface area (Å²) in [6.45, 7) is 1.75. The standard InChI is InChI=1S/C24H19N3O4S2/c1-15(33-18-9-5-8-17(12-18)26-21(28)10-11-22(29)30)23(31)27-24-19(13-25)20(14-32-24)16-6-3-2-4-7-16/h2-12,14-15H,1H3,(H,26,28)(H,27,31)(H,29,30)/b11-10+. The van der Waals surface area contributed by atoms with Gasteiger partial charge in [0, 0.05) is 33.7 Å². The molecule has 0 bridgehead atoms. The first-order valence-electron chi connectivity index (χ1n) is 9.74. The maximum absolute atomic E-state index is 12.8. The zero-order valence-corrected chi connectivity index (χ0v) is 19.1. The van der Waals surface area contributed by atoms with Gasteiger partial charge in [-0.25, -0.2) is 4.79 Å². The summed E-state index contributed by atoms with van der Waals surface area (Å²) in [6.07, 6.45) is 1.68. The molecule has 3 aromatic rings. The lowest BCUT2D eigenvalue weighted by Crippen LogP contribution is -2.22. The second-order valence-electron chi connectivity index (χ2n) is 6.77. The predicted molar refractivity (Wildman–Crippen MR) is 130 cm³/mol. The number of benzene rings is 2. The van der Waals surface area contributed by atoms with Crippen molar-refractivity contribution in [1.82, 2.24) is 0 Å². The number of nitrogens with zero attached hydrogens (tertiary/aromatic N) is 1. The molecule has 0 aliphatic rings. The molecule has 0 spiro atoms. The Morgan fingerprint density at radius 1 is 1.09 bits per heavy atom. The Balaban J connectivity index is 1.66. The van der Waals surface area contributed by atoms with Crippen LogP contribution in [0.3, 0.4) is 0 Å². The van der Waals surface area contributed by atoms with E-state index < -0.39 is 17.1 Å². The molecule has 0 radical (unpaired) electrons. The van der Waals surface area contributed by atoms with Crippen LogP contribution in [0.25, 0.3) is 11.1 Å². The lowest BCUT2D eigenvalue weighted by Gasteiger charge is -2.12. The van der Waals surface area contributed by atoms with Gasteiger partial charge >= 0.3 is 5.97 Å². The number of nitriles is 1. The summed E-state index contributed by atoms with van der Waals surface area (Å²) in [5, 5.41) is 25.5. The van der Waals surface area contributed by atoms with Crippen LogP contribution in [0.4, 0.5) is 10.7 Å². The molecule has 0 aliphatic carbocycles. The van der Waals surface area contributed by atoms with Gasteiger partial charge in [0.15, 0.2) is 0 Å². The Labute approximate surface area is 198 Å². The SMILES string of the molecule is CC(Sc1cccc(NC(=O)/C=C/C(=O)O)c1)C(=O)Nc1scc(-c2ccccc2)c1C#N. The molecule has 2 aromatic carbocycles. The number of carboxylic acid groups (broad SMARTS) is 1. The lowest BCUT2D eigenvalue weighted by atomic mass is 10.1. The van der Waals surface area contributed by atoms with E-state index in [9.17, 15) is 19.6 Å². The highest BCUT2D eigenvalue weighted by molar-refractivity contribution is 8.00. The van der Waals surface area contributed by atoms with E-state index in [0.717, 1.165) is 28.2 Å². The van der Waals surface area contributed by atoms with Crippen LogP contribution in [0.2, 0.25) is 0 Å². The number of thioether (sulfide) groups is 1. The van der Waals surface area contributed by atoms with Crippen LogP contribution in [-0.4, -0.2) is 28.1 Å². The van der Waals surface area contributed by atoms with Crippen LogP contribution >= 0.6 is 23.1 Å². The minimum Gasteiger partial charge on any atom is -0.478 e. The normalized spacial score (nSPS) is 11.5. The third kappa shape index (κ3) is 6.55. The van der Waals surface area contributed by atoms with Crippen molar-refractivity contribution in [2.24, 2.45) is 0 Å². The second-order valence-corrected chi connectivity index (χ2v) is 9.06. The number of aliphatic carboxylic acids is 1. The van der Waals surface area contributed by atoms with Crippen LogP contribution in [0.15, 0.2) is 77.0 Å². The van der Waals surface area contributed by atoms with Gasteiger partial charge in [-0.2, -0.15) is 5.26 Å². The van der Waals surface area contributed by atoms with Crippen molar-refractivity contribution in [2.75, 3.05) is 10.6 Å². The Kier molecular flexibility index (Phi) is 8.02. The van der Waals surface area contributed by atoms with E-state index >= 15 is 0 Å². The number of carbonyl (C=O) groups is 3. The molecule has 166 valence electrons. The molecule has 1 atom stereocenters. The summed E-state index contributed by atoms with van der Waals surface area (Å²) in [7, 11) is 0. The van der Waals surface area contributed by atoms with Gasteiger partial charge in [-0.1, -0.05) is 36.4 Å². The first-order chi connectivity index (χ1) is 15.9. The molecule has 33 heavy (non-hydrogen) atoms. The van der Waals surface area contributed by atoms with E-state index in [1.807, 2.05) is 35.7 Å². The molecule has 9 heteroatoms. The first kappa shape index (κ1) is 23.8. The Bertz CT molecular complexity index is 1250. The summed E-state index contributed by atoms with van der Waals surface area (Å²) in [5.41, 5.74) is 2.59. The van der Waals surface area contributed by atoms with Crippen LogP contribution in [0, 0.1) is 11.3 Å². The average Bonchev–Trinajstić information content (AvgIpc) is 3.21. The smallest absolute Gasteiger partial charge is 0.328 e. The number of hydrogen-bond donors (Lipinski definition) is 3. The van der Waals surface area contributed by atoms with Crippen molar-refractivity contribution < 1.29 is 19.5 Å². The summed E-state index contributed by atoms with van der Waals surface area (Å²) >= 11 is 2.60. The van der Waals surface area contributed by atoms with Crippen LogP contribution < -0.4 is 10.6 Å². The highest BCUT2D eigenvalue weighted by Crippen LogP contribution is 2.35. The third-order valence-electron chi connectivity index (χ3n) is 4.39. The molecule has 3 N–H and O–H groups in total. The number of carbonyl (C=O) groups excluding carboxylic acids is 2. The molecule has 0 fully saturated rings. The summed E-state index contributed by atoms with van der Waals surface area (Å²) in [5.74, 6) is -2.03. The molecule has 1 unspecified atom stereocenters. The van der Waals surface area contributed by atoms with Gasteiger partial charge in [-0.05, 0) is 30.7 Å². The molecule has 1 heterocycles. The maximum atomic E-state index is 12.8. The summed E-state index contributed by atoms with van der Waals surface area (Å²) in [6, 6.07) is 18.6. The van der Waals surface area contributed by atoms with E-state index in [1.165, 1.54) is 23.1 Å². The largest absolute Gasteiger partial charge is 0.478 e. The van der Waals surface area contributed by atoms with Gasteiger partial charge in [0.25, 0.3) is 0 Å². The van der Waals surface area contributed by atoms with E-state index in [0.29, 0.717) is 16.3 Å². The fraction of sp³-hybridized carbons (Fsp3) is 0.0833.